The summed E-state index contributed by atoms with van der Waals surface area (Å²) in [6, 6.07) is 18.4. The van der Waals surface area contributed by atoms with Gasteiger partial charge >= 0.3 is 0 Å². The van der Waals surface area contributed by atoms with Crippen molar-refractivity contribution in [2.75, 3.05) is 20.1 Å². The molecule has 4 rings (SSSR count). The summed E-state index contributed by atoms with van der Waals surface area (Å²) in [6.07, 6.45) is 4.71. The second kappa shape index (κ2) is 6.64. The van der Waals surface area contributed by atoms with Crippen molar-refractivity contribution in [2.24, 2.45) is 0 Å². The van der Waals surface area contributed by atoms with Gasteiger partial charge in [-0.05, 0) is 56.1 Å². The number of nitrogens with zero attached hydrogens (tertiary/aromatic N) is 2. The van der Waals surface area contributed by atoms with Crippen LogP contribution in [0.1, 0.15) is 40.7 Å². The Bertz CT molecular complexity index is 758. The van der Waals surface area contributed by atoms with E-state index in [1.165, 1.54) is 24.0 Å². The number of piperidine rings is 1. The lowest BCUT2D eigenvalue weighted by atomic mass is 9.81. The van der Waals surface area contributed by atoms with Gasteiger partial charge in [0.1, 0.15) is 0 Å². The van der Waals surface area contributed by atoms with Crippen LogP contribution in [0.4, 0.5) is 0 Å². The highest BCUT2D eigenvalue weighted by Gasteiger charge is 2.41. The van der Waals surface area contributed by atoms with Crippen LogP contribution in [0.3, 0.4) is 0 Å². The molecule has 2 aromatic rings. The Labute approximate surface area is 150 Å². The van der Waals surface area contributed by atoms with Crippen molar-refractivity contribution in [3.63, 3.8) is 0 Å². The van der Waals surface area contributed by atoms with Crippen molar-refractivity contribution >= 4 is 5.91 Å². The number of likely N-dealkylation sites (N-methyl/N-ethyl adjacent to an activating group) is 1. The van der Waals surface area contributed by atoms with E-state index < -0.39 is 0 Å². The molecule has 130 valence electrons. The third kappa shape index (κ3) is 3.09. The number of rotatable bonds is 1. The van der Waals surface area contributed by atoms with Gasteiger partial charge in [0.05, 0.1) is 0 Å². The van der Waals surface area contributed by atoms with Gasteiger partial charge in [-0.15, -0.1) is 0 Å². The first kappa shape index (κ1) is 16.3. The molecule has 2 aliphatic heterocycles. The van der Waals surface area contributed by atoms with E-state index >= 15 is 0 Å². The molecule has 1 unspecified atom stereocenters. The van der Waals surface area contributed by atoms with Crippen molar-refractivity contribution in [1.82, 2.24) is 9.80 Å². The van der Waals surface area contributed by atoms with Crippen LogP contribution in [0.25, 0.3) is 0 Å². The van der Waals surface area contributed by atoms with Gasteiger partial charge in [0.25, 0.3) is 5.91 Å². The zero-order chi connectivity index (χ0) is 17.3. The first-order chi connectivity index (χ1) is 12.2. The van der Waals surface area contributed by atoms with Gasteiger partial charge in [-0.25, -0.2) is 0 Å². The van der Waals surface area contributed by atoms with E-state index in [0.717, 1.165) is 31.5 Å². The minimum atomic E-state index is 0.0648. The standard InChI is InChI=1S/C22H26N2O/c1-23-14-8-7-13-22(23)15-19-11-5-6-12-20(19)16-24(17-22)21(25)18-9-3-2-4-10-18/h2-6,9-12H,7-8,13-17H2,1H3. The molecule has 2 aliphatic rings. The second-order valence-electron chi connectivity index (χ2n) is 7.58. The normalized spacial score (nSPS) is 24.0. The molecule has 0 N–H and O–H groups in total. The zero-order valence-corrected chi connectivity index (χ0v) is 14.9. The molecule has 1 fully saturated rings. The van der Waals surface area contributed by atoms with E-state index in [1.807, 2.05) is 30.3 Å². The molecule has 0 aromatic heterocycles. The molecule has 1 amide bonds. The third-order valence-electron chi connectivity index (χ3n) is 5.99. The zero-order valence-electron chi connectivity index (χ0n) is 14.9. The highest BCUT2D eigenvalue weighted by Crippen LogP contribution is 2.35. The molecular weight excluding hydrogens is 308 g/mol. The van der Waals surface area contributed by atoms with E-state index in [4.69, 9.17) is 0 Å². The number of likely N-dealkylation sites (tertiary alicyclic amines) is 1. The first-order valence-electron chi connectivity index (χ1n) is 9.30. The minimum Gasteiger partial charge on any atom is -0.332 e. The van der Waals surface area contributed by atoms with Gasteiger partial charge in [-0.2, -0.15) is 0 Å². The predicted octanol–water partition coefficient (Wildman–Crippen LogP) is 3.74. The van der Waals surface area contributed by atoms with Gasteiger partial charge < -0.3 is 4.90 Å². The van der Waals surface area contributed by atoms with Gasteiger partial charge in [-0.1, -0.05) is 48.9 Å². The molecule has 1 spiro atoms. The summed E-state index contributed by atoms with van der Waals surface area (Å²) in [5.41, 5.74) is 3.55. The van der Waals surface area contributed by atoms with Crippen LogP contribution >= 0.6 is 0 Å². The summed E-state index contributed by atoms with van der Waals surface area (Å²) in [4.78, 5) is 17.8. The molecule has 2 aromatic carbocycles. The topological polar surface area (TPSA) is 23.6 Å². The predicted molar refractivity (Wildman–Crippen MR) is 101 cm³/mol. The minimum absolute atomic E-state index is 0.0648. The van der Waals surface area contributed by atoms with Crippen LogP contribution in [0.15, 0.2) is 54.6 Å². The maximum atomic E-state index is 13.2. The lowest BCUT2D eigenvalue weighted by Crippen LogP contribution is -2.57. The lowest BCUT2D eigenvalue weighted by Gasteiger charge is -2.47. The average Bonchev–Trinajstić information content (AvgIpc) is 2.81. The summed E-state index contributed by atoms with van der Waals surface area (Å²) in [5, 5.41) is 0. The summed E-state index contributed by atoms with van der Waals surface area (Å²) in [7, 11) is 2.23. The van der Waals surface area contributed by atoms with Crippen molar-refractivity contribution in [3.8, 4) is 0 Å². The number of hydrogen-bond acceptors (Lipinski definition) is 2. The largest absolute Gasteiger partial charge is 0.332 e. The van der Waals surface area contributed by atoms with Crippen molar-refractivity contribution in [2.45, 2.75) is 37.8 Å². The maximum absolute atomic E-state index is 13.2. The van der Waals surface area contributed by atoms with E-state index in [-0.39, 0.29) is 11.4 Å². The van der Waals surface area contributed by atoms with Crippen molar-refractivity contribution in [3.05, 3.63) is 71.3 Å². The number of carbonyl (C=O) groups excluding carboxylic acids is 1. The Kier molecular flexibility index (Phi) is 4.34. The Morgan fingerprint density at radius 2 is 1.68 bits per heavy atom. The van der Waals surface area contributed by atoms with E-state index in [0.29, 0.717) is 6.54 Å². The molecule has 3 heteroatoms. The summed E-state index contributed by atoms with van der Waals surface area (Å²) in [6.45, 7) is 2.64. The van der Waals surface area contributed by atoms with E-state index in [1.54, 1.807) is 0 Å². The first-order valence-corrected chi connectivity index (χ1v) is 9.30. The van der Waals surface area contributed by atoms with E-state index in [2.05, 4.69) is 41.1 Å². The lowest BCUT2D eigenvalue weighted by molar-refractivity contribution is 0.0315. The molecule has 1 atom stereocenters. The number of amides is 1. The van der Waals surface area contributed by atoms with Crippen LogP contribution in [0, 0.1) is 0 Å². The molecule has 1 saturated heterocycles. The fraction of sp³-hybridized carbons (Fsp3) is 0.409. The maximum Gasteiger partial charge on any atom is 0.254 e. The molecule has 2 heterocycles. The highest BCUT2D eigenvalue weighted by molar-refractivity contribution is 5.94. The van der Waals surface area contributed by atoms with Gasteiger partial charge in [0.2, 0.25) is 0 Å². The number of carbonyl (C=O) groups is 1. The van der Waals surface area contributed by atoms with Crippen LogP contribution < -0.4 is 0 Å². The molecule has 0 bridgehead atoms. The van der Waals surface area contributed by atoms with E-state index in [9.17, 15) is 4.79 Å². The van der Waals surface area contributed by atoms with Crippen LogP contribution in [0.2, 0.25) is 0 Å². The Morgan fingerprint density at radius 3 is 2.44 bits per heavy atom. The molecule has 25 heavy (non-hydrogen) atoms. The Hall–Kier alpha value is -2.13. The summed E-state index contributed by atoms with van der Waals surface area (Å²) >= 11 is 0. The Balaban J connectivity index is 1.73. The number of benzene rings is 2. The van der Waals surface area contributed by atoms with Crippen molar-refractivity contribution in [1.29, 1.82) is 0 Å². The smallest absolute Gasteiger partial charge is 0.254 e. The summed E-state index contributed by atoms with van der Waals surface area (Å²) < 4.78 is 0. The van der Waals surface area contributed by atoms with Gasteiger partial charge in [0.15, 0.2) is 0 Å². The fourth-order valence-electron chi connectivity index (χ4n) is 4.47. The highest BCUT2D eigenvalue weighted by atomic mass is 16.2. The SMILES string of the molecule is CN1CCCCC12Cc1ccccc1CN(C(=O)c1ccccc1)C2. The molecule has 3 nitrogen and oxygen atoms in total. The quantitative estimate of drug-likeness (QED) is 0.793. The Morgan fingerprint density at radius 1 is 0.960 bits per heavy atom. The van der Waals surface area contributed by atoms with Crippen LogP contribution in [0.5, 0.6) is 0 Å². The number of fused-ring (bicyclic) bond motifs is 1. The molecule has 0 aliphatic carbocycles. The van der Waals surface area contributed by atoms with Crippen LogP contribution in [-0.2, 0) is 13.0 Å². The fourth-order valence-corrected chi connectivity index (χ4v) is 4.47. The van der Waals surface area contributed by atoms with Crippen molar-refractivity contribution < 1.29 is 4.79 Å². The molecule has 0 radical (unpaired) electrons. The molecule has 0 saturated carbocycles. The van der Waals surface area contributed by atoms with Crippen LogP contribution in [-0.4, -0.2) is 41.4 Å². The average molecular weight is 334 g/mol. The summed E-state index contributed by atoms with van der Waals surface area (Å²) in [5.74, 6) is 0.149. The van der Waals surface area contributed by atoms with Gasteiger partial charge in [0, 0.05) is 24.2 Å². The second-order valence-corrected chi connectivity index (χ2v) is 7.58. The number of hydrogen-bond donors (Lipinski definition) is 0. The molecular formula is C22H26N2O. The third-order valence-corrected chi connectivity index (χ3v) is 5.99. The monoisotopic (exact) mass is 334 g/mol. The van der Waals surface area contributed by atoms with Gasteiger partial charge in [-0.3, -0.25) is 9.69 Å².